The maximum absolute atomic E-state index is 12.3. The van der Waals surface area contributed by atoms with Crippen LogP contribution in [0.4, 0.5) is 11.4 Å². The van der Waals surface area contributed by atoms with Crippen molar-refractivity contribution in [3.05, 3.63) is 60.2 Å². The first-order chi connectivity index (χ1) is 14.2. The van der Waals surface area contributed by atoms with E-state index in [-0.39, 0.29) is 18.5 Å². The predicted molar refractivity (Wildman–Crippen MR) is 119 cm³/mol. The van der Waals surface area contributed by atoms with Gasteiger partial charge in [-0.15, -0.1) is 6.42 Å². The normalized spacial score (nSPS) is 16.2. The second-order valence-corrected chi connectivity index (χ2v) is 6.88. The van der Waals surface area contributed by atoms with Gasteiger partial charge in [0.2, 0.25) is 5.91 Å². The highest BCUT2D eigenvalue weighted by Crippen LogP contribution is 2.19. The van der Waals surface area contributed by atoms with Gasteiger partial charge in [-0.2, -0.15) is 0 Å². The molecule has 2 aromatic rings. The molecule has 0 aliphatic carbocycles. The van der Waals surface area contributed by atoms with Crippen LogP contribution in [0.5, 0.6) is 0 Å². The number of guanidine groups is 1. The lowest BCUT2D eigenvalue weighted by Gasteiger charge is -2.20. The van der Waals surface area contributed by atoms with Crippen LogP contribution in [0, 0.1) is 12.3 Å². The van der Waals surface area contributed by atoms with E-state index in [9.17, 15) is 4.79 Å². The number of nitrogens with zero attached hydrogens (tertiary/aromatic N) is 2. The van der Waals surface area contributed by atoms with Crippen molar-refractivity contribution in [3.8, 4) is 12.3 Å². The van der Waals surface area contributed by atoms with E-state index in [1.807, 2.05) is 31.2 Å². The van der Waals surface area contributed by atoms with Gasteiger partial charge >= 0.3 is 0 Å². The molecule has 1 unspecified atom stereocenters. The summed E-state index contributed by atoms with van der Waals surface area (Å²) in [6.07, 6.45) is 6.42. The number of carbonyl (C=O) groups excluding carboxylic acids is 1. The summed E-state index contributed by atoms with van der Waals surface area (Å²) in [7, 11) is 0. The predicted octanol–water partition coefficient (Wildman–Crippen LogP) is 2.44. The molecule has 1 atom stereocenters. The molecule has 3 N–H and O–H groups in total. The summed E-state index contributed by atoms with van der Waals surface area (Å²) in [5, 5.41) is 9.49. The molecule has 1 aliphatic heterocycles. The Kier molecular flexibility index (Phi) is 7.12. The van der Waals surface area contributed by atoms with Crippen molar-refractivity contribution >= 4 is 23.2 Å². The number of hydrogen-bond donors (Lipinski definition) is 3. The SMILES string of the molecule is C#Cc1cccc(NC(=O)CN=C(NCC)NC2CCN(c3ccccc3)C2)c1. The standard InChI is InChI=1S/C23H27N5O/c1-3-18-9-8-10-19(15-18)26-22(29)16-25-23(24-4-2)27-20-13-14-28(17-20)21-11-6-5-7-12-21/h1,5-12,15,20H,4,13-14,16-17H2,2H3,(H,26,29)(H2,24,25,27). The Hall–Kier alpha value is -3.46. The first-order valence-corrected chi connectivity index (χ1v) is 9.89. The highest BCUT2D eigenvalue weighted by molar-refractivity contribution is 5.94. The summed E-state index contributed by atoms with van der Waals surface area (Å²) in [6, 6.07) is 17.9. The summed E-state index contributed by atoms with van der Waals surface area (Å²) in [5.74, 6) is 3.03. The van der Waals surface area contributed by atoms with Gasteiger partial charge in [0.1, 0.15) is 6.54 Å². The minimum atomic E-state index is -0.186. The van der Waals surface area contributed by atoms with Crippen LogP contribution in [-0.4, -0.2) is 44.1 Å². The van der Waals surface area contributed by atoms with Crippen LogP contribution in [0.25, 0.3) is 0 Å². The third-order valence-corrected chi connectivity index (χ3v) is 4.69. The van der Waals surface area contributed by atoms with Crippen molar-refractivity contribution in [2.24, 2.45) is 4.99 Å². The number of nitrogens with one attached hydrogen (secondary N) is 3. The van der Waals surface area contributed by atoms with E-state index < -0.39 is 0 Å². The molecule has 0 saturated carbocycles. The largest absolute Gasteiger partial charge is 0.369 e. The average molecular weight is 390 g/mol. The minimum Gasteiger partial charge on any atom is -0.369 e. The van der Waals surface area contributed by atoms with E-state index in [1.54, 1.807) is 6.07 Å². The maximum Gasteiger partial charge on any atom is 0.246 e. The van der Waals surface area contributed by atoms with Crippen LogP contribution in [0.2, 0.25) is 0 Å². The van der Waals surface area contributed by atoms with Crippen LogP contribution in [0.15, 0.2) is 59.6 Å². The summed E-state index contributed by atoms with van der Waals surface area (Å²) < 4.78 is 0. The lowest BCUT2D eigenvalue weighted by molar-refractivity contribution is -0.114. The Labute approximate surface area is 172 Å². The molecular formula is C23H27N5O. The number of terminal acetylenes is 1. The topological polar surface area (TPSA) is 68.8 Å². The molecule has 1 saturated heterocycles. The van der Waals surface area contributed by atoms with Gasteiger partial charge in [0.25, 0.3) is 0 Å². The number of para-hydroxylation sites is 1. The van der Waals surface area contributed by atoms with E-state index in [0.717, 1.165) is 31.6 Å². The number of hydrogen-bond acceptors (Lipinski definition) is 3. The highest BCUT2D eigenvalue weighted by Gasteiger charge is 2.23. The molecule has 0 aromatic heterocycles. The zero-order chi connectivity index (χ0) is 20.5. The quantitative estimate of drug-likeness (QED) is 0.403. The number of carbonyl (C=O) groups is 1. The molecule has 0 spiro atoms. The molecule has 1 heterocycles. The number of anilines is 2. The van der Waals surface area contributed by atoms with Crippen LogP contribution < -0.4 is 20.9 Å². The van der Waals surface area contributed by atoms with Gasteiger partial charge in [-0.05, 0) is 43.7 Å². The molecule has 1 fully saturated rings. The lowest BCUT2D eigenvalue weighted by Crippen LogP contribution is -2.45. The molecule has 3 rings (SSSR count). The number of amides is 1. The number of benzene rings is 2. The Balaban J connectivity index is 1.54. The summed E-state index contributed by atoms with van der Waals surface area (Å²) in [5.41, 5.74) is 2.63. The molecule has 2 aromatic carbocycles. The van der Waals surface area contributed by atoms with Crippen molar-refractivity contribution in [1.29, 1.82) is 0 Å². The van der Waals surface area contributed by atoms with E-state index in [4.69, 9.17) is 6.42 Å². The van der Waals surface area contributed by atoms with E-state index in [0.29, 0.717) is 11.6 Å². The number of aliphatic imine (C=N–C) groups is 1. The van der Waals surface area contributed by atoms with Crippen molar-refractivity contribution in [1.82, 2.24) is 10.6 Å². The second-order valence-electron chi connectivity index (χ2n) is 6.88. The molecule has 0 radical (unpaired) electrons. The van der Waals surface area contributed by atoms with Crippen LogP contribution in [0.3, 0.4) is 0 Å². The monoisotopic (exact) mass is 389 g/mol. The molecular weight excluding hydrogens is 362 g/mol. The van der Waals surface area contributed by atoms with Gasteiger partial charge in [-0.1, -0.05) is 30.2 Å². The molecule has 6 nitrogen and oxygen atoms in total. The summed E-state index contributed by atoms with van der Waals surface area (Å²) >= 11 is 0. The molecule has 1 amide bonds. The molecule has 150 valence electrons. The van der Waals surface area contributed by atoms with Gasteiger partial charge in [0, 0.05) is 42.6 Å². The molecule has 0 bridgehead atoms. The lowest BCUT2D eigenvalue weighted by atomic mass is 10.2. The van der Waals surface area contributed by atoms with E-state index >= 15 is 0 Å². The van der Waals surface area contributed by atoms with Gasteiger partial charge in [-0.3, -0.25) is 4.79 Å². The van der Waals surface area contributed by atoms with Gasteiger partial charge < -0.3 is 20.9 Å². The first kappa shape index (κ1) is 20.3. The molecule has 6 heteroatoms. The van der Waals surface area contributed by atoms with Gasteiger partial charge in [-0.25, -0.2) is 4.99 Å². The van der Waals surface area contributed by atoms with E-state index in [2.05, 4.69) is 56.0 Å². The maximum atomic E-state index is 12.3. The van der Waals surface area contributed by atoms with Crippen molar-refractivity contribution in [2.45, 2.75) is 19.4 Å². The van der Waals surface area contributed by atoms with Gasteiger partial charge in [0.15, 0.2) is 5.96 Å². The third kappa shape index (κ3) is 6.01. The average Bonchev–Trinajstić information content (AvgIpc) is 3.21. The van der Waals surface area contributed by atoms with Crippen LogP contribution in [0.1, 0.15) is 18.9 Å². The highest BCUT2D eigenvalue weighted by atomic mass is 16.1. The molecule has 1 aliphatic rings. The first-order valence-electron chi connectivity index (χ1n) is 9.89. The van der Waals surface area contributed by atoms with Crippen molar-refractivity contribution in [3.63, 3.8) is 0 Å². The fourth-order valence-corrected chi connectivity index (χ4v) is 3.30. The zero-order valence-electron chi connectivity index (χ0n) is 16.7. The summed E-state index contributed by atoms with van der Waals surface area (Å²) in [4.78, 5) is 19.1. The Morgan fingerprint density at radius 2 is 2.07 bits per heavy atom. The third-order valence-electron chi connectivity index (χ3n) is 4.69. The van der Waals surface area contributed by atoms with Crippen LogP contribution >= 0.6 is 0 Å². The minimum absolute atomic E-state index is 0.0325. The Morgan fingerprint density at radius 1 is 1.24 bits per heavy atom. The smallest absolute Gasteiger partial charge is 0.246 e. The van der Waals surface area contributed by atoms with Crippen LogP contribution in [-0.2, 0) is 4.79 Å². The zero-order valence-corrected chi connectivity index (χ0v) is 16.7. The number of rotatable bonds is 6. The van der Waals surface area contributed by atoms with E-state index in [1.165, 1.54) is 5.69 Å². The van der Waals surface area contributed by atoms with Crippen molar-refractivity contribution < 1.29 is 4.79 Å². The fourth-order valence-electron chi connectivity index (χ4n) is 3.30. The van der Waals surface area contributed by atoms with Gasteiger partial charge in [0.05, 0.1) is 0 Å². The van der Waals surface area contributed by atoms with Crippen molar-refractivity contribution in [2.75, 3.05) is 36.4 Å². The summed E-state index contributed by atoms with van der Waals surface area (Å²) in [6.45, 7) is 4.66. The Morgan fingerprint density at radius 3 is 2.83 bits per heavy atom. The molecule has 29 heavy (non-hydrogen) atoms. The second kappa shape index (κ2) is 10.2. The fraction of sp³-hybridized carbons (Fsp3) is 0.304. The Bertz CT molecular complexity index is 888.